The Balaban J connectivity index is 1.61. The molecule has 0 bridgehead atoms. The lowest BCUT2D eigenvalue weighted by molar-refractivity contribution is 0.112. The van der Waals surface area contributed by atoms with Gasteiger partial charge < -0.3 is 9.47 Å². The Bertz CT molecular complexity index is 1110. The Morgan fingerprint density at radius 1 is 0.700 bits per heavy atom. The van der Waals surface area contributed by atoms with Crippen LogP contribution in [0.15, 0.2) is 97.1 Å². The second-order valence-electron chi connectivity index (χ2n) is 6.79. The van der Waals surface area contributed by atoms with E-state index in [1.165, 1.54) is 0 Å². The third kappa shape index (κ3) is 4.92. The molecule has 1 heterocycles. The summed E-state index contributed by atoms with van der Waals surface area (Å²) >= 11 is 0. The first-order valence-corrected chi connectivity index (χ1v) is 9.72. The molecule has 0 radical (unpaired) electrons. The Kier molecular flexibility index (Phi) is 6.16. The summed E-state index contributed by atoms with van der Waals surface area (Å²) in [5, 5.41) is 0. The van der Waals surface area contributed by atoms with Gasteiger partial charge in [0.05, 0.1) is 0 Å². The average molecular weight is 395 g/mol. The van der Waals surface area contributed by atoms with Crippen molar-refractivity contribution < 1.29 is 14.3 Å². The fourth-order valence-corrected chi connectivity index (χ4v) is 3.07. The number of aldehydes is 1. The van der Waals surface area contributed by atoms with Crippen molar-refractivity contribution in [3.63, 3.8) is 0 Å². The maximum absolute atomic E-state index is 11.2. The molecule has 0 amide bonds. The minimum Gasteiger partial charge on any atom is -0.473 e. The first kappa shape index (κ1) is 19.4. The molecule has 0 atom stereocenters. The number of ether oxygens (including phenoxy) is 2. The van der Waals surface area contributed by atoms with Gasteiger partial charge in [0, 0.05) is 17.2 Å². The highest BCUT2D eigenvalue weighted by Gasteiger charge is 2.12. The lowest BCUT2D eigenvalue weighted by Gasteiger charge is -2.13. The van der Waals surface area contributed by atoms with Crippen LogP contribution < -0.4 is 9.47 Å². The van der Waals surface area contributed by atoms with Gasteiger partial charge >= 0.3 is 0 Å². The van der Waals surface area contributed by atoms with Crippen LogP contribution in [0.1, 0.15) is 21.5 Å². The van der Waals surface area contributed by atoms with Gasteiger partial charge in [-0.05, 0) is 28.8 Å². The molecule has 4 rings (SSSR count). The van der Waals surface area contributed by atoms with E-state index in [4.69, 9.17) is 9.47 Å². The van der Waals surface area contributed by atoms with Crippen molar-refractivity contribution in [1.82, 2.24) is 4.98 Å². The summed E-state index contributed by atoms with van der Waals surface area (Å²) in [7, 11) is 0. The topological polar surface area (TPSA) is 48.4 Å². The van der Waals surface area contributed by atoms with E-state index in [1.807, 2.05) is 91.0 Å². The van der Waals surface area contributed by atoms with E-state index in [0.717, 1.165) is 28.5 Å². The Labute approximate surface area is 175 Å². The van der Waals surface area contributed by atoms with Gasteiger partial charge in [-0.3, -0.25) is 4.79 Å². The molecule has 0 aliphatic heterocycles. The van der Waals surface area contributed by atoms with Crippen molar-refractivity contribution in [2.75, 3.05) is 0 Å². The number of hydrogen-bond donors (Lipinski definition) is 0. The number of rotatable bonds is 8. The van der Waals surface area contributed by atoms with Gasteiger partial charge in [0.15, 0.2) is 0 Å². The number of aromatic nitrogens is 1. The van der Waals surface area contributed by atoms with E-state index in [-0.39, 0.29) is 0 Å². The minimum absolute atomic E-state index is 0.385. The first-order chi connectivity index (χ1) is 14.8. The highest BCUT2D eigenvalue weighted by atomic mass is 16.5. The van der Waals surface area contributed by atoms with Crippen LogP contribution in [-0.4, -0.2) is 11.3 Å². The number of carbonyl (C=O) groups excluding carboxylic acids is 1. The highest BCUT2D eigenvalue weighted by Crippen LogP contribution is 2.31. The van der Waals surface area contributed by atoms with E-state index in [1.54, 1.807) is 6.07 Å². The zero-order chi connectivity index (χ0) is 20.6. The Morgan fingerprint density at radius 2 is 1.37 bits per heavy atom. The third-order valence-corrected chi connectivity index (χ3v) is 4.62. The molecule has 0 unspecified atom stereocenters. The van der Waals surface area contributed by atoms with Gasteiger partial charge in [0.2, 0.25) is 11.8 Å². The van der Waals surface area contributed by atoms with Crippen molar-refractivity contribution >= 4 is 6.29 Å². The SMILES string of the molecule is O=Cc1cccc(-c2ccc(OCc3ccccc3)nc2OCc2ccccc2)c1. The van der Waals surface area contributed by atoms with Crippen molar-refractivity contribution in [3.05, 3.63) is 114 Å². The molecule has 0 spiro atoms. The molecule has 4 aromatic rings. The van der Waals surface area contributed by atoms with Crippen LogP contribution in [0.25, 0.3) is 11.1 Å². The van der Waals surface area contributed by atoms with Crippen LogP contribution in [-0.2, 0) is 13.2 Å². The van der Waals surface area contributed by atoms with E-state index in [9.17, 15) is 4.79 Å². The smallest absolute Gasteiger partial charge is 0.225 e. The molecule has 0 saturated heterocycles. The summed E-state index contributed by atoms with van der Waals surface area (Å²) in [5.74, 6) is 0.949. The molecule has 0 saturated carbocycles. The van der Waals surface area contributed by atoms with Crippen LogP contribution in [0, 0.1) is 0 Å². The van der Waals surface area contributed by atoms with Crippen LogP contribution in [0.3, 0.4) is 0 Å². The molecule has 1 aromatic heterocycles. The molecule has 3 aromatic carbocycles. The minimum atomic E-state index is 0.385. The van der Waals surface area contributed by atoms with E-state index >= 15 is 0 Å². The molecular formula is C26H21NO3. The summed E-state index contributed by atoms with van der Waals surface area (Å²) in [5.41, 5.74) is 4.38. The first-order valence-electron chi connectivity index (χ1n) is 9.72. The van der Waals surface area contributed by atoms with Crippen LogP contribution in [0.5, 0.6) is 11.8 Å². The zero-order valence-electron chi connectivity index (χ0n) is 16.4. The largest absolute Gasteiger partial charge is 0.473 e. The summed E-state index contributed by atoms with van der Waals surface area (Å²) in [4.78, 5) is 15.8. The number of carbonyl (C=O) groups is 1. The van der Waals surface area contributed by atoms with Crippen molar-refractivity contribution in [1.29, 1.82) is 0 Å². The van der Waals surface area contributed by atoms with E-state index < -0.39 is 0 Å². The standard InChI is InChI=1S/C26H21NO3/c28-17-22-12-7-13-23(16-22)24-14-15-25(29-18-20-8-3-1-4-9-20)27-26(24)30-19-21-10-5-2-6-11-21/h1-17H,18-19H2. The van der Waals surface area contributed by atoms with Crippen LogP contribution in [0.2, 0.25) is 0 Å². The Morgan fingerprint density at radius 3 is 2.03 bits per heavy atom. The summed E-state index contributed by atoms with van der Waals surface area (Å²) in [6.45, 7) is 0.808. The fourth-order valence-electron chi connectivity index (χ4n) is 3.07. The molecule has 0 fully saturated rings. The second kappa shape index (κ2) is 9.52. The lowest BCUT2D eigenvalue weighted by Crippen LogP contribution is -2.02. The number of benzene rings is 3. The molecule has 0 N–H and O–H groups in total. The third-order valence-electron chi connectivity index (χ3n) is 4.62. The lowest BCUT2D eigenvalue weighted by atomic mass is 10.0. The van der Waals surface area contributed by atoms with Gasteiger partial charge in [-0.2, -0.15) is 4.98 Å². The predicted octanol–water partition coefficient (Wildman–Crippen LogP) is 5.72. The Hall–Kier alpha value is -3.92. The average Bonchev–Trinajstić information content (AvgIpc) is 2.83. The van der Waals surface area contributed by atoms with Gasteiger partial charge in [-0.15, -0.1) is 0 Å². The van der Waals surface area contributed by atoms with Gasteiger partial charge in [0.1, 0.15) is 19.5 Å². The molecule has 148 valence electrons. The van der Waals surface area contributed by atoms with Crippen LogP contribution in [0.4, 0.5) is 0 Å². The van der Waals surface area contributed by atoms with Crippen molar-refractivity contribution in [2.24, 2.45) is 0 Å². The monoisotopic (exact) mass is 395 g/mol. The fraction of sp³-hybridized carbons (Fsp3) is 0.0769. The number of hydrogen-bond acceptors (Lipinski definition) is 4. The summed E-state index contributed by atoms with van der Waals surface area (Å²) < 4.78 is 11.9. The van der Waals surface area contributed by atoms with Crippen molar-refractivity contribution in [3.8, 4) is 22.9 Å². The summed E-state index contributed by atoms with van der Waals surface area (Å²) in [6, 6.07) is 31.0. The van der Waals surface area contributed by atoms with E-state index in [0.29, 0.717) is 30.5 Å². The second-order valence-corrected chi connectivity index (χ2v) is 6.79. The molecule has 4 heteroatoms. The zero-order valence-corrected chi connectivity index (χ0v) is 16.4. The molecule has 30 heavy (non-hydrogen) atoms. The van der Waals surface area contributed by atoms with Crippen molar-refractivity contribution in [2.45, 2.75) is 13.2 Å². The van der Waals surface area contributed by atoms with Gasteiger partial charge in [-0.25, -0.2) is 0 Å². The van der Waals surface area contributed by atoms with Gasteiger partial charge in [-0.1, -0.05) is 78.9 Å². The summed E-state index contributed by atoms with van der Waals surface area (Å²) in [6.07, 6.45) is 0.832. The van der Waals surface area contributed by atoms with Crippen LogP contribution >= 0.6 is 0 Å². The molecular weight excluding hydrogens is 374 g/mol. The van der Waals surface area contributed by atoms with Gasteiger partial charge in [0.25, 0.3) is 0 Å². The quantitative estimate of drug-likeness (QED) is 0.358. The number of pyridine rings is 1. The maximum Gasteiger partial charge on any atom is 0.225 e. The number of nitrogens with zero attached hydrogens (tertiary/aromatic N) is 1. The predicted molar refractivity (Wildman–Crippen MR) is 117 cm³/mol. The normalized spacial score (nSPS) is 10.4. The highest BCUT2D eigenvalue weighted by molar-refractivity contribution is 5.80. The van der Waals surface area contributed by atoms with E-state index in [2.05, 4.69) is 4.98 Å². The maximum atomic E-state index is 11.2. The molecule has 0 aliphatic carbocycles. The molecule has 0 aliphatic rings. The molecule has 4 nitrogen and oxygen atoms in total.